The third-order valence-corrected chi connectivity index (χ3v) is 3.46. The van der Waals surface area contributed by atoms with Crippen molar-refractivity contribution in [1.29, 1.82) is 0 Å². The van der Waals surface area contributed by atoms with Crippen LogP contribution in [0.15, 0.2) is 0 Å². The minimum atomic E-state index is 0.618. The Morgan fingerprint density at radius 2 is 2.13 bits per heavy atom. The fraction of sp³-hybridized carbons (Fsp3) is 1.00. The van der Waals surface area contributed by atoms with Crippen molar-refractivity contribution in [1.82, 2.24) is 10.2 Å². The third-order valence-electron chi connectivity index (χ3n) is 3.46. The summed E-state index contributed by atoms with van der Waals surface area (Å²) in [7, 11) is 1.78. The van der Waals surface area contributed by atoms with Crippen molar-refractivity contribution in [2.45, 2.75) is 26.8 Å². The maximum Gasteiger partial charge on any atom is 0.0589 e. The minimum absolute atomic E-state index is 0.618. The van der Waals surface area contributed by atoms with E-state index in [9.17, 15) is 0 Å². The van der Waals surface area contributed by atoms with Crippen molar-refractivity contribution >= 4 is 0 Å². The first-order valence-electron chi connectivity index (χ1n) is 6.08. The first kappa shape index (κ1) is 12.9. The summed E-state index contributed by atoms with van der Waals surface area (Å²) < 4.78 is 5.16. The van der Waals surface area contributed by atoms with E-state index < -0.39 is 0 Å². The molecule has 3 nitrogen and oxygen atoms in total. The fourth-order valence-corrected chi connectivity index (χ4v) is 2.18. The van der Waals surface area contributed by atoms with Crippen LogP contribution in [0, 0.1) is 11.8 Å². The summed E-state index contributed by atoms with van der Waals surface area (Å²) in [5, 5.41) is 3.46. The topological polar surface area (TPSA) is 24.5 Å². The molecular weight excluding hydrogens is 188 g/mol. The smallest absolute Gasteiger partial charge is 0.0589 e. The second kappa shape index (κ2) is 6.46. The predicted molar refractivity (Wildman–Crippen MR) is 64.1 cm³/mol. The fourth-order valence-electron chi connectivity index (χ4n) is 2.18. The van der Waals surface area contributed by atoms with Gasteiger partial charge in [0.25, 0.3) is 0 Å². The molecule has 1 heterocycles. The van der Waals surface area contributed by atoms with Crippen LogP contribution >= 0.6 is 0 Å². The molecule has 0 bridgehead atoms. The second-order valence-corrected chi connectivity index (χ2v) is 4.98. The summed E-state index contributed by atoms with van der Waals surface area (Å²) in [4.78, 5) is 2.53. The highest BCUT2D eigenvalue weighted by Crippen LogP contribution is 2.18. The number of methoxy groups -OCH3 is 1. The molecule has 3 heteroatoms. The largest absolute Gasteiger partial charge is 0.383 e. The van der Waals surface area contributed by atoms with Crippen molar-refractivity contribution in [3.63, 3.8) is 0 Å². The highest BCUT2D eigenvalue weighted by atomic mass is 16.5. The zero-order valence-electron chi connectivity index (χ0n) is 10.6. The summed E-state index contributed by atoms with van der Waals surface area (Å²) >= 11 is 0. The molecular formula is C12H26N2O. The number of hydrogen-bond acceptors (Lipinski definition) is 3. The van der Waals surface area contributed by atoms with Gasteiger partial charge in [0.15, 0.2) is 0 Å². The lowest BCUT2D eigenvalue weighted by atomic mass is 9.97. The molecule has 0 aliphatic carbocycles. The standard InChI is InChI=1S/C12H26N2O/c1-10(2)14(5-6-15-4)9-12-8-13-7-11(12)3/h10-13H,5-9H2,1-4H3/t11-,12+/m1/s1. The lowest BCUT2D eigenvalue weighted by Crippen LogP contribution is -2.39. The van der Waals surface area contributed by atoms with E-state index in [4.69, 9.17) is 4.74 Å². The van der Waals surface area contributed by atoms with Gasteiger partial charge in [-0.2, -0.15) is 0 Å². The van der Waals surface area contributed by atoms with Gasteiger partial charge in [0.2, 0.25) is 0 Å². The molecule has 1 aliphatic rings. The van der Waals surface area contributed by atoms with Gasteiger partial charge in [0, 0.05) is 26.2 Å². The average Bonchev–Trinajstić information content (AvgIpc) is 2.58. The van der Waals surface area contributed by atoms with E-state index in [-0.39, 0.29) is 0 Å². The van der Waals surface area contributed by atoms with Crippen LogP contribution in [-0.4, -0.2) is 50.8 Å². The second-order valence-electron chi connectivity index (χ2n) is 4.98. The van der Waals surface area contributed by atoms with Crippen LogP contribution in [0.25, 0.3) is 0 Å². The Labute approximate surface area is 94.2 Å². The molecule has 0 saturated carbocycles. The van der Waals surface area contributed by atoms with Gasteiger partial charge < -0.3 is 10.1 Å². The zero-order valence-corrected chi connectivity index (χ0v) is 10.6. The number of ether oxygens (including phenoxy) is 1. The Kier molecular flexibility index (Phi) is 5.58. The Bertz CT molecular complexity index is 173. The molecule has 0 aromatic rings. The number of nitrogens with zero attached hydrogens (tertiary/aromatic N) is 1. The highest BCUT2D eigenvalue weighted by molar-refractivity contribution is 4.81. The molecule has 15 heavy (non-hydrogen) atoms. The van der Waals surface area contributed by atoms with Crippen LogP contribution in [0.1, 0.15) is 20.8 Å². The summed E-state index contributed by atoms with van der Waals surface area (Å²) in [6.45, 7) is 12.3. The van der Waals surface area contributed by atoms with E-state index in [0.29, 0.717) is 6.04 Å². The maximum atomic E-state index is 5.16. The van der Waals surface area contributed by atoms with Crippen LogP contribution in [-0.2, 0) is 4.74 Å². The van der Waals surface area contributed by atoms with Gasteiger partial charge in [-0.1, -0.05) is 6.92 Å². The molecule has 1 N–H and O–H groups in total. The van der Waals surface area contributed by atoms with Crippen molar-refractivity contribution in [2.24, 2.45) is 11.8 Å². The van der Waals surface area contributed by atoms with Gasteiger partial charge in [0.05, 0.1) is 6.61 Å². The number of hydrogen-bond donors (Lipinski definition) is 1. The molecule has 1 fully saturated rings. The van der Waals surface area contributed by atoms with E-state index in [0.717, 1.165) is 25.0 Å². The van der Waals surface area contributed by atoms with Crippen LogP contribution in [0.3, 0.4) is 0 Å². The molecule has 0 radical (unpaired) electrons. The summed E-state index contributed by atoms with van der Waals surface area (Å²) in [5.41, 5.74) is 0. The molecule has 0 aromatic heterocycles. The van der Waals surface area contributed by atoms with Crippen molar-refractivity contribution in [3.05, 3.63) is 0 Å². The normalized spacial score (nSPS) is 26.8. The Morgan fingerprint density at radius 3 is 2.60 bits per heavy atom. The van der Waals surface area contributed by atoms with E-state index in [1.807, 2.05) is 0 Å². The Morgan fingerprint density at radius 1 is 1.40 bits per heavy atom. The van der Waals surface area contributed by atoms with Crippen LogP contribution in [0.4, 0.5) is 0 Å². The van der Waals surface area contributed by atoms with E-state index >= 15 is 0 Å². The molecule has 0 unspecified atom stereocenters. The van der Waals surface area contributed by atoms with Crippen molar-refractivity contribution in [2.75, 3.05) is 39.9 Å². The van der Waals surface area contributed by atoms with Gasteiger partial charge in [0.1, 0.15) is 0 Å². The van der Waals surface area contributed by atoms with Gasteiger partial charge in [-0.3, -0.25) is 4.90 Å². The van der Waals surface area contributed by atoms with Gasteiger partial charge in [-0.15, -0.1) is 0 Å². The SMILES string of the molecule is COCCN(C[C@@H]1CNC[C@H]1C)C(C)C. The van der Waals surface area contributed by atoms with Crippen LogP contribution in [0.5, 0.6) is 0 Å². The van der Waals surface area contributed by atoms with Crippen LogP contribution < -0.4 is 5.32 Å². The molecule has 0 amide bonds. The molecule has 1 saturated heterocycles. The van der Waals surface area contributed by atoms with Crippen molar-refractivity contribution < 1.29 is 4.74 Å². The summed E-state index contributed by atoms with van der Waals surface area (Å²) in [5.74, 6) is 1.62. The average molecular weight is 214 g/mol. The lowest BCUT2D eigenvalue weighted by Gasteiger charge is -2.30. The molecule has 0 spiro atoms. The highest BCUT2D eigenvalue weighted by Gasteiger charge is 2.25. The predicted octanol–water partition coefficient (Wildman–Crippen LogP) is 1.20. The first-order chi connectivity index (χ1) is 7.15. The Balaban J connectivity index is 2.35. The minimum Gasteiger partial charge on any atom is -0.383 e. The number of nitrogens with one attached hydrogen (secondary N) is 1. The monoisotopic (exact) mass is 214 g/mol. The Hall–Kier alpha value is -0.120. The molecule has 0 aromatic carbocycles. The number of rotatable bonds is 6. The van der Waals surface area contributed by atoms with Crippen LogP contribution in [0.2, 0.25) is 0 Å². The molecule has 2 atom stereocenters. The summed E-state index contributed by atoms with van der Waals surface area (Å²) in [6.07, 6.45) is 0. The van der Waals surface area contributed by atoms with E-state index in [1.165, 1.54) is 19.6 Å². The molecule has 1 aliphatic heterocycles. The van der Waals surface area contributed by atoms with Gasteiger partial charge in [-0.05, 0) is 38.8 Å². The van der Waals surface area contributed by atoms with Crippen molar-refractivity contribution in [3.8, 4) is 0 Å². The van der Waals surface area contributed by atoms with E-state index in [1.54, 1.807) is 7.11 Å². The quantitative estimate of drug-likeness (QED) is 0.719. The van der Waals surface area contributed by atoms with E-state index in [2.05, 4.69) is 31.0 Å². The maximum absolute atomic E-state index is 5.16. The lowest BCUT2D eigenvalue weighted by molar-refractivity contribution is 0.113. The summed E-state index contributed by atoms with van der Waals surface area (Å²) in [6, 6.07) is 0.618. The third kappa shape index (κ3) is 4.09. The molecule has 1 rings (SSSR count). The van der Waals surface area contributed by atoms with Gasteiger partial charge >= 0.3 is 0 Å². The first-order valence-corrected chi connectivity index (χ1v) is 6.08. The zero-order chi connectivity index (χ0) is 11.3. The van der Waals surface area contributed by atoms with Gasteiger partial charge in [-0.25, -0.2) is 0 Å². The molecule has 90 valence electrons.